The van der Waals surface area contributed by atoms with Crippen LogP contribution in [0.15, 0.2) is 41.4 Å². The van der Waals surface area contributed by atoms with Crippen LogP contribution in [0.3, 0.4) is 0 Å². The molecule has 5 nitrogen and oxygen atoms in total. The number of Topliss-reactive ketones (excluding diaryl/α,β-unsaturated/α-hetero) is 1. The number of carbonyl (C=O) groups excluding carboxylic acids is 2. The first kappa shape index (κ1) is 21.5. The van der Waals surface area contributed by atoms with Gasteiger partial charge in [0, 0.05) is 22.1 Å². The number of hydrogen-bond acceptors (Lipinski definition) is 6. The van der Waals surface area contributed by atoms with Crippen LogP contribution in [0.25, 0.3) is 10.9 Å². The fourth-order valence-corrected chi connectivity index (χ4v) is 4.52. The quantitative estimate of drug-likeness (QED) is 0.330. The molecule has 0 unspecified atom stereocenters. The summed E-state index contributed by atoms with van der Waals surface area (Å²) < 4.78 is 0. The number of benzene rings is 1. The molecule has 0 aliphatic rings. The lowest BCUT2D eigenvalue weighted by Gasteiger charge is -2.17. The Hall–Kier alpha value is -2.25. The van der Waals surface area contributed by atoms with Crippen LogP contribution in [-0.4, -0.2) is 27.4 Å². The highest BCUT2D eigenvalue weighted by atomic mass is 32.2. The molecule has 3 rings (SSSR count). The minimum absolute atomic E-state index is 0.00306. The largest absolute Gasteiger partial charge is 0.351 e. The molecule has 0 aliphatic carbocycles. The number of nitrogens with zero attached hydrogens (tertiary/aromatic N) is 2. The Morgan fingerprint density at radius 2 is 1.86 bits per heavy atom. The van der Waals surface area contributed by atoms with Crippen molar-refractivity contribution in [3.05, 3.63) is 52.0 Å². The molecule has 0 saturated carbocycles. The van der Waals surface area contributed by atoms with Crippen LogP contribution in [0.2, 0.25) is 0 Å². The molecule has 7 heteroatoms. The summed E-state index contributed by atoms with van der Waals surface area (Å²) in [6.07, 6.45) is 0.751. The third kappa shape index (κ3) is 5.42. The van der Waals surface area contributed by atoms with Crippen LogP contribution in [0.4, 0.5) is 0 Å². The van der Waals surface area contributed by atoms with Crippen LogP contribution in [-0.2, 0) is 17.8 Å². The zero-order valence-electron chi connectivity index (χ0n) is 17.1. The monoisotopic (exact) mass is 427 g/mol. The molecule has 0 atom stereocenters. The van der Waals surface area contributed by atoms with Crippen LogP contribution >= 0.6 is 23.1 Å². The molecule has 0 fully saturated rings. The number of aromatic nitrogens is 2. The smallest absolute Gasteiger partial charge is 0.225 e. The van der Waals surface area contributed by atoms with Gasteiger partial charge in [-0.05, 0) is 18.2 Å². The first-order valence-electron chi connectivity index (χ1n) is 9.56. The number of para-hydroxylation sites is 1. The van der Waals surface area contributed by atoms with E-state index in [1.165, 1.54) is 23.1 Å². The van der Waals surface area contributed by atoms with Crippen LogP contribution in [0, 0.1) is 5.41 Å². The van der Waals surface area contributed by atoms with Crippen molar-refractivity contribution in [1.82, 2.24) is 15.3 Å². The average molecular weight is 428 g/mol. The van der Waals surface area contributed by atoms with Gasteiger partial charge in [-0.15, -0.1) is 11.3 Å². The second kappa shape index (κ2) is 9.05. The van der Waals surface area contributed by atoms with Crippen molar-refractivity contribution in [2.45, 2.75) is 45.7 Å². The molecule has 2 aromatic heterocycles. The summed E-state index contributed by atoms with van der Waals surface area (Å²) >= 11 is 2.88. The van der Waals surface area contributed by atoms with Crippen molar-refractivity contribution < 1.29 is 9.59 Å². The number of rotatable bonds is 7. The van der Waals surface area contributed by atoms with Crippen molar-refractivity contribution in [2.75, 3.05) is 5.75 Å². The van der Waals surface area contributed by atoms with E-state index in [4.69, 9.17) is 0 Å². The van der Waals surface area contributed by atoms with Gasteiger partial charge in [0.1, 0.15) is 10.9 Å². The third-order valence-electron chi connectivity index (χ3n) is 4.31. The van der Waals surface area contributed by atoms with Crippen molar-refractivity contribution in [3.63, 3.8) is 0 Å². The van der Waals surface area contributed by atoms with E-state index in [1.807, 2.05) is 64.1 Å². The predicted molar refractivity (Wildman–Crippen MR) is 120 cm³/mol. The fraction of sp³-hybridized carbons (Fsp3) is 0.364. The van der Waals surface area contributed by atoms with Gasteiger partial charge < -0.3 is 5.32 Å². The number of thioether (sulfide) groups is 1. The number of ketones is 1. The summed E-state index contributed by atoms with van der Waals surface area (Å²) in [6.45, 7) is 8.10. The van der Waals surface area contributed by atoms with E-state index < -0.39 is 5.41 Å². The highest BCUT2D eigenvalue weighted by Gasteiger charge is 2.21. The van der Waals surface area contributed by atoms with Crippen LogP contribution in [0.1, 0.15) is 48.1 Å². The van der Waals surface area contributed by atoms with Crippen molar-refractivity contribution in [1.29, 1.82) is 0 Å². The Labute approximate surface area is 179 Å². The Balaban J connectivity index is 1.65. The molecule has 3 aromatic rings. The predicted octanol–water partition coefficient (Wildman–Crippen LogP) is 4.89. The van der Waals surface area contributed by atoms with Crippen molar-refractivity contribution >= 4 is 45.7 Å². The molecule has 152 valence electrons. The Kier molecular flexibility index (Phi) is 6.70. The molecule has 2 heterocycles. The number of carbonyl (C=O) groups is 2. The summed E-state index contributed by atoms with van der Waals surface area (Å²) in [5.74, 6) is 1.16. The fourth-order valence-electron chi connectivity index (χ4n) is 2.62. The van der Waals surface area contributed by atoms with Gasteiger partial charge in [0.2, 0.25) is 5.91 Å². The zero-order valence-corrected chi connectivity index (χ0v) is 18.7. The van der Waals surface area contributed by atoms with E-state index in [0.29, 0.717) is 17.2 Å². The minimum atomic E-state index is -0.426. The SMILES string of the molecule is CCc1nc(SCC(=O)c2ccc(CNC(=O)C(C)(C)C)s2)c2ccccc2n1. The first-order chi connectivity index (χ1) is 13.8. The van der Waals surface area contributed by atoms with E-state index in [2.05, 4.69) is 15.3 Å². The summed E-state index contributed by atoms with van der Waals surface area (Å²) in [4.78, 5) is 35.5. The molecule has 29 heavy (non-hydrogen) atoms. The van der Waals surface area contributed by atoms with E-state index in [0.717, 1.165) is 33.1 Å². The molecule has 0 saturated heterocycles. The van der Waals surface area contributed by atoms with Crippen molar-refractivity contribution in [3.8, 4) is 0 Å². The summed E-state index contributed by atoms with van der Waals surface area (Å²) in [5.41, 5.74) is 0.479. The first-order valence-corrected chi connectivity index (χ1v) is 11.4. The topological polar surface area (TPSA) is 72.0 Å². The van der Waals surface area contributed by atoms with E-state index in [-0.39, 0.29) is 11.7 Å². The van der Waals surface area contributed by atoms with Gasteiger partial charge in [0.15, 0.2) is 5.78 Å². The average Bonchev–Trinajstić information content (AvgIpc) is 3.18. The molecule has 0 radical (unpaired) electrons. The van der Waals surface area contributed by atoms with E-state index >= 15 is 0 Å². The summed E-state index contributed by atoms with van der Waals surface area (Å²) in [5, 5.41) is 4.73. The maximum Gasteiger partial charge on any atom is 0.225 e. The molecule has 0 aliphatic heterocycles. The molecule has 0 spiro atoms. The van der Waals surface area contributed by atoms with Crippen LogP contribution in [0.5, 0.6) is 0 Å². The second-order valence-corrected chi connectivity index (χ2v) is 9.86. The zero-order chi connectivity index (χ0) is 21.0. The molecule has 1 amide bonds. The highest BCUT2D eigenvalue weighted by molar-refractivity contribution is 8.00. The summed E-state index contributed by atoms with van der Waals surface area (Å²) in [7, 11) is 0. The lowest BCUT2D eigenvalue weighted by atomic mass is 9.96. The summed E-state index contributed by atoms with van der Waals surface area (Å²) in [6, 6.07) is 11.6. The number of thiophene rings is 1. The maximum absolute atomic E-state index is 12.7. The molecule has 1 aromatic carbocycles. The van der Waals surface area contributed by atoms with Gasteiger partial charge in [0.05, 0.1) is 22.7 Å². The minimum Gasteiger partial charge on any atom is -0.351 e. The van der Waals surface area contributed by atoms with Crippen molar-refractivity contribution in [2.24, 2.45) is 5.41 Å². The Morgan fingerprint density at radius 1 is 1.10 bits per heavy atom. The van der Waals surface area contributed by atoms with Gasteiger partial charge >= 0.3 is 0 Å². The Bertz CT molecular complexity index is 1040. The van der Waals surface area contributed by atoms with E-state index in [1.54, 1.807) is 0 Å². The van der Waals surface area contributed by atoms with Gasteiger partial charge in [0.25, 0.3) is 0 Å². The molecule has 1 N–H and O–H groups in total. The van der Waals surface area contributed by atoms with Crippen LogP contribution < -0.4 is 5.32 Å². The number of aryl methyl sites for hydroxylation is 1. The highest BCUT2D eigenvalue weighted by Crippen LogP contribution is 2.27. The van der Waals surface area contributed by atoms with Gasteiger partial charge in [-0.2, -0.15) is 0 Å². The number of amides is 1. The van der Waals surface area contributed by atoms with E-state index in [9.17, 15) is 9.59 Å². The van der Waals surface area contributed by atoms with Gasteiger partial charge in [-0.1, -0.05) is 57.7 Å². The normalized spacial score (nSPS) is 11.6. The second-order valence-electron chi connectivity index (χ2n) is 7.73. The lowest BCUT2D eigenvalue weighted by molar-refractivity contribution is -0.128. The van der Waals surface area contributed by atoms with Gasteiger partial charge in [-0.3, -0.25) is 9.59 Å². The lowest BCUT2D eigenvalue weighted by Crippen LogP contribution is -2.34. The Morgan fingerprint density at radius 3 is 2.59 bits per heavy atom. The third-order valence-corrected chi connectivity index (χ3v) is 6.43. The number of nitrogens with one attached hydrogen (secondary N) is 1. The maximum atomic E-state index is 12.7. The molecular weight excluding hydrogens is 402 g/mol. The standard InChI is InChI=1S/C22H25N3O2S2/c1-5-19-24-16-9-7-6-8-15(16)20(25-19)28-13-17(26)18-11-10-14(29-18)12-23-21(27)22(2,3)4/h6-11H,5,12-13H2,1-4H3,(H,23,27). The van der Waals surface area contributed by atoms with Gasteiger partial charge in [-0.25, -0.2) is 9.97 Å². The molecular formula is C22H25N3O2S2. The number of hydrogen-bond donors (Lipinski definition) is 1. The number of fused-ring (bicyclic) bond motifs is 1. The molecule has 0 bridgehead atoms.